The Kier molecular flexibility index (Phi) is 5.98. The molecule has 0 aliphatic carbocycles. The lowest BCUT2D eigenvalue weighted by Crippen LogP contribution is -2.70. The van der Waals surface area contributed by atoms with Crippen LogP contribution >= 0.6 is 58.3 Å². The summed E-state index contributed by atoms with van der Waals surface area (Å²) in [7, 11) is 0. The van der Waals surface area contributed by atoms with Gasteiger partial charge in [-0.3, -0.25) is 14.5 Å². The highest BCUT2D eigenvalue weighted by atomic mass is 35.5. The van der Waals surface area contributed by atoms with Gasteiger partial charge in [-0.1, -0.05) is 34.8 Å². The van der Waals surface area contributed by atoms with Gasteiger partial charge in [0, 0.05) is 15.7 Å². The van der Waals surface area contributed by atoms with E-state index in [1.807, 2.05) is 0 Å². The maximum atomic E-state index is 12.3. The zero-order valence-corrected chi connectivity index (χ0v) is 16.8. The lowest BCUT2D eigenvalue weighted by molar-refractivity contribution is -0.150. The van der Waals surface area contributed by atoms with E-state index in [1.165, 1.54) is 23.5 Å². The standard InChI is InChI=1S/C15H11Cl3N2O4S2/c16-6-1-2-7(17)9(3-6)25-5-10(21)19-11-13(22)20-12(15(23)24)8(18)4-26-14(11)20/h1-3,11,14H,4-5H2,(H,19,21)(H,23,24)/t11-,14-/m1/s1. The highest BCUT2D eigenvalue weighted by molar-refractivity contribution is 8.00. The van der Waals surface area contributed by atoms with Gasteiger partial charge in [-0.2, -0.15) is 0 Å². The van der Waals surface area contributed by atoms with Crippen molar-refractivity contribution in [2.75, 3.05) is 11.5 Å². The molecule has 0 saturated carbocycles. The maximum absolute atomic E-state index is 12.3. The third-order valence-corrected chi connectivity index (χ3v) is 7.18. The number of carboxylic acid groups (broad SMARTS) is 1. The van der Waals surface area contributed by atoms with Crippen molar-refractivity contribution in [1.29, 1.82) is 0 Å². The Bertz CT molecular complexity index is 833. The number of nitrogens with zero attached hydrogens (tertiary/aromatic N) is 1. The van der Waals surface area contributed by atoms with E-state index < -0.39 is 23.3 Å². The molecule has 1 aromatic rings. The average molecular weight is 454 g/mol. The van der Waals surface area contributed by atoms with Crippen molar-refractivity contribution in [3.05, 3.63) is 39.0 Å². The predicted molar refractivity (Wildman–Crippen MR) is 103 cm³/mol. The van der Waals surface area contributed by atoms with Crippen LogP contribution in [0.15, 0.2) is 33.8 Å². The van der Waals surface area contributed by atoms with Gasteiger partial charge in [-0.05, 0) is 18.2 Å². The van der Waals surface area contributed by atoms with Crippen molar-refractivity contribution in [3.8, 4) is 0 Å². The minimum atomic E-state index is -1.26. The van der Waals surface area contributed by atoms with Gasteiger partial charge in [-0.25, -0.2) is 4.79 Å². The molecule has 2 aliphatic heterocycles. The van der Waals surface area contributed by atoms with Gasteiger partial charge in [-0.15, -0.1) is 23.5 Å². The summed E-state index contributed by atoms with van der Waals surface area (Å²) >= 11 is 20.4. The molecule has 0 aromatic heterocycles. The van der Waals surface area contributed by atoms with E-state index in [0.717, 1.165) is 4.90 Å². The highest BCUT2D eigenvalue weighted by Gasteiger charge is 2.54. The SMILES string of the molecule is O=C(CSc1cc(Cl)ccc1Cl)N[C@@H]1C(=O)N2C(C(=O)O)=C(Cl)CS[C@H]12. The fraction of sp³-hybridized carbons (Fsp3) is 0.267. The zero-order valence-electron chi connectivity index (χ0n) is 12.9. The van der Waals surface area contributed by atoms with Crippen LogP contribution in [0.1, 0.15) is 0 Å². The summed E-state index contributed by atoms with van der Waals surface area (Å²) in [5.41, 5.74) is -0.217. The molecule has 1 aromatic carbocycles. The second-order valence-corrected chi connectivity index (χ2v) is 8.80. The van der Waals surface area contributed by atoms with Crippen molar-refractivity contribution in [1.82, 2.24) is 10.2 Å². The number of hydrogen-bond acceptors (Lipinski definition) is 5. The van der Waals surface area contributed by atoms with E-state index >= 15 is 0 Å². The lowest BCUT2D eigenvalue weighted by atomic mass is 10.1. The number of amides is 2. The number of carboxylic acids is 1. The van der Waals surface area contributed by atoms with Crippen molar-refractivity contribution in [2.24, 2.45) is 0 Å². The molecule has 6 nitrogen and oxygen atoms in total. The van der Waals surface area contributed by atoms with Crippen LogP contribution in [0.2, 0.25) is 10.0 Å². The van der Waals surface area contributed by atoms with Crippen molar-refractivity contribution >= 4 is 76.1 Å². The first kappa shape index (κ1) is 19.7. The number of fused-ring (bicyclic) bond motifs is 1. The molecule has 2 atom stereocenters. The third kappa shape index (κ3) is 3.80. The van der Waals surface area contributed by atoms with Gasteiger partial charge in [0.25, 0.3) is 5.91 Å². The van der Waals surface area contributed by atoms with Crippen LogP contribution in [-0.4, -0.2) is 50.7 Å². The van der Waals surface area contributed by atoms with E-state index in [-0.39, 0.29) is 28.1 Å². The molecule has 1 saturated heterocycles. The summed E-state index contributed by atoms with van der Waals surface area (Å²) in [5.74, 6) is -1.79. The fourth-order valence-corrected chi connectivity index (χ4v) is 5.38. The van der Waals surface area contributed by atoms with E-state index in [1.54, 1.807) is 18.2 Å². The summed E-state index contributed by atoms with van der Waals surface area (Å²) in [4.78, 5) is 37.5. The molecular weight excluding hydrogens is 443 g/mol. The number of carbonyl (C=O) groups excluding carboxylic acids is 2. The quantitative estimate of drug-likeness (QED) is 0.526. The number of aliphatic carboxylic acids is 1. The molecule has 0 unspecified atom stereocenters. The first-order chi connectivity index (χ1) is 12.3. The number of hydrogen-bond donors (Lipinski definition) is 2. The number of β-lactam (4-membered cyclic amide) rings is 1. The van der Waals surface area contributed by atoms with E-state index in [0.29, 0.717) is 14.9 Å². The number of nitrogens with one attached hydrogen (secondary N) is 1. The molecule has 3 rings (SSSR count). The summed E-state index contributed by atoms with van der Waals surface area (Å²) in [6, 6.07) is 4.16. The van der Waals surface area contributed by atoms with Crippen molar-refractivity contribution in [3.63, 3.8) is 0 Å². The van der Waals surface area contributed by atoms with Gasteiger partial charge >= 0.3 is 5.97 Å². The topological polar surface area (TPSA) is 86.7 Å². The Morgan fingerprint density at radius 2 is 2.08 bits per heavy atom. The van der Waals surface area contributed by atoms with E-state index in [2.05, 4.69) is 5.32 Å². The molecule has 2 N–H and O–H groups in total. The minimum Gasteiger partial charge on any atom is -0.477 e. The minimum absolute atomic E-state index is 0.0453. The molecule has 138 valence electrons. The number of benzene rings is 1. The van der Waals surface area contributed by atoms with E-state index in [4.69, 9.17) is 34.8 Å². The normalized spacial score (nSPS) is 22.0. The first-order valence-corrected chi connectivity index (χ1v) is 10.4. The first-order valence-electron chi connectivity index (χ1n) is 7.23. The predicted octanol–water partition coefficient (Wildman–Crippen LogP) is 3.02. The molecule has 1 fully saturated rings. The molecule has 2 aliphatic rings. The Labute approximate surface area is 172 Å². The summed E-state index contributed by atoms with van der Waals surface area (Å²) in [6.45, 7) is 0. The summed E-state index contributed by atoms with van der Waals surface area (Å²) in [6.07, 6.45) is 0. The van der Waals surface area contributed by atoms with Crippen LogP contribution in [-0.2, 0) is 14.4 Å². The Morgan fingerprint density at radius 3 is 2.77 bits per heavy atom. The second-order valence-electron chi connectivity index (χ2n) is 5.38. The largest absolute Gasteiger partial charge is 0.477 e. The number of rotatable bonds is 5. The van der Waals surface area contributed by atoms with Crippen LogP contribution in [0, 0.1) is 0 Å². The van der Waals surface area contributed by atoms with Crippen LogP contribution in [0.5, 0.6) is 0 Å². The molecule has 0 spiro atoms. The van der Waals surface area contributed by atoms with Crippen molar-refractivity contribution < 1.29 is 19.5 Å². The number of halogens is 3. The van der Waals surface area contributed by atoms with Gasteiger partial charge in [0.05, 0.1) is 15.8 Å². The van der Waals surface area contributed by atoms with Crippen LogP contribution < -0.4 is 5.32 Å². The highest BCUT2D eigenvalue weighted by Crippen LogP contribution is 2.41. The molecule has 2 heterocycles. The Morgan fingerprint density at radius 1 is 1.35 bits per heavy atom. The molecular formula is C15H11Cl3N2O4S2. The van der Waals surface area contributed by atoms with Crippen molar-refractivity contribution in [2.45, 2.75) is 16.3 Å². The Balaban J connectivity index is 1.60. The smallest absolute Gasteiger partial charge is 0.353 e. The Hall–Kier alpha value is -1.06. The van der Waals surface area contributed by atoms with Gasteiger partial charge in [0.15, 0.2) is 0 Å². The number of thioether (sulfide) groups is 2. The monoisotopic (exact) mass is 452 g/mol. The average Bonchev–Trinajstić information content (AvgIpc) is 2.59. The molecule has 0 bridgehead atoms. The van der Waals surface area contributed by atoms with Crippen LogP contribution in [0.4, 0.5) is 0 Å². The van der Waals surface area contributed by atoms with Gasteiger partial charge in [0.2, 0.25) is 5.91 Å². The van der Waals surface area contributed by atoms with Gasteiger partial charge < -0.3 is 10.4 Å². The number of carbonyl (C=O) groups is 3. The second kappa shape index (κ2) is 7.90. The summed E-state index contributed by atoms with van der Waals surface area (Å²) in [5, 5.41) is 12.5. The molecule has 2 amide bonds. The van der Waals surface area contributed by atoms with Crippen LogP contribution in [0.25, 0.3) is 0 Å². The molecule has 11 heteroatoms. The maximum Gasteiger partial charge on any atom is 0.353 e. The lowest BCUT2D eigenvalue weighted by Gasteiger charge is -2.48. The third-order valence-electron chi connectivity index (χ3n) is 3.69. The fourth-order valence-electron chi connectivity index (χ4n) is 2.53. The van der Waals surface area contributed by atoms with E-state index in [9.17, 15) is 19.5 Å². The summed E-state index contributed by atoms with van der Waals surface area (Å²) < 4.78 is 0. The molecule has 0 radical (unpaired) electrons. The molecule has 26 heavy (non-hydrogen) atoms. The van der Waals surface area contributed by atoms with Crippen LogP contribution in [0.3, 0.4) is 0 Å². The van der Waals surface area contributed by atoms with Gasteiger partial charge in [0.1, 0.15) is 17.1 Å². The zero-order chi connectivity index (χ0) is 19.0.